The fraction of sp³-hybridized carbons (Fsp3) is 0.353. The number of hydrogen-bond acceptors (Lipinski definition) is 6. The van der Waals surface area contributed by atoms with E-state index in [9.17, 15) is 13.2 Å². The standard InChI is InChI=1S/C17H16F3N5O/c18-12-5-2-1-4-11(12)17(6-3-7-17)23-16-21-8-10(9-22-16)14-24-25-15(26-14)13(19)20/h1-2,4-5,8-9,13,15,25H,3,6-7H2,(H,21,22,23). The Morgan fingerprint density at radius 2 is 1.92 bits per heavy atom. The van der Waals surface area contributed by atoms with Crippen molar-refractivity contribution >= 4 is 11.8 Å². The van der Waals surface area contributed by atoms with Crippen LogP contribution in [0.1, 0.15) is 30.4 Å². The minimum atomic E-state index is -2.70. The van der Waals surface area contributed by atoms with Crippen molar-refractivity contribution in [2.45, 2.75) is 37.5 Å². The van der Waals surface area contributed by atoms with Crippen LogP contribution < -0.4 is 10.7 Å². The second-order valence-corrected chi connectivity index (χ2v) is 6.25. The molecule has 1 aliphatic carbocycles. The Kier molecular flexibility index (Phi) is 4.14. The number of nitrogens with one attached hydrogen (secondary N) is 2. The van der Waals surface area contributed by atoms with E-state index in [0.29, 0.717) is 17.1 Å². The first-order valence-corrected chi connectivity index (χ1v) is 8.21. The number of hydrogen-bond donors (Lipinski definition) is 2. The molecule has 0 amide bonds. The van der Waals surface area contributed by atoms with Gasteiger partial charge in [0, 0.05) is 18.0 Å². The largest absolute Gasteiger partial charge is 0.444 e. The van der Waals surface area contributed by atoms with Crippen LogP contribution in [0.25, 0.3) is 0 Å². The highest BCUT2D eigenvalue weighted by Gasteiger charge is 2.41. The summed E-state index contributed by atoms with van der Waals surface area (Å²) in [4.78, 5) is 8.39. The summed E-state index contributed by atoms with van der Waals surface area (Å²) in [6, 6.07) is 6.64. The molecular formula is C17H16F3N5O. The first-order valence-electron chi connectivity index (χ1n) is 8.21. The average Bonchev–Trinajstić information content (AvgIpc) is 3.10. The smallest absolute Gasteiger partial charge is 0.294 e. The van der Waals surface area contributed by atoms with Crippen molar-refractivity contribution < 1.29 is 17.9 Å². The molecule has 2 heterocycles. The van der Waals surface area contributed by atoms with Gasteiger partial charge in [-0.15, -0.1) is 5.10 Å². The Morgan fingerprint density at radius 3 is 2.50 bits per heavy atom. The predicted molar refractivity (Wildman–Crippen MR) is 88.1 cm³/mol. The van der Waals surface area contributed by atoms with E-state index in [1.54, 1.807) is 18.2 Å². The van der Waals surface area contributed by atoms with Crippen LogP contribution >= 0.6 is 0 Å². The van der Waals surface area contributed by atoms with Crippen molar-refractivity contribution in [1.82, 2.24) is 15.4 Å². The van der Waals surface area contributed by atoms with Gasteiger partial charge in [-0.2, -0.15) is 0 Å². The lowest BCUT2D eigenvalue weighted by molar-refractivity contribution is 0.000572. The van der Waals surface area contributed by atoms with Crippen LogP contribution in [0, 0.1) is 5.82 Å². The quantitative estimate of drug-likeness (QED) is 0.855. The third-order valence-electron chi connectivity index (χ3n) is 4.61. The lowest BCUT2D eigenvalue weighted by Crippen LogP contribution is -2.43. The molecule has 1 unspecified atom stereocenters. The molecule has 1 fully saturated rings. The molecule has 4 rings (SSSR count). The maximum absolute atomic E-state index is 14.2. The minimum absolute atomic E-state index is 0.00862. The third kappa shape index (κ3) is 2.93. The van der Waals surface area contributed by atoms with Gasteiger partial charge in [0.15, 0.2) is 0 Å². The highest BCUT2D eigenvalue weighted by molar-refractivity contribution is 5.94. The number of aromatic nitrogens is 2. The Balaban J connectivity index is 1.50. The normalized spacial score (nSPS) is 20.8. The highest BCUT2D eigenvalue weighted by Crippen LogP contribution is 2.44. The van der Waals surface area contributed by atoms with E-state index in [1.165, 1.54) is 18.5 Å². The summed E-state index contributed by atoms with van der Waals surface area (Å²) in [7, 11) is 0. The van der Waals surface area contributed by atoms with Gasteiger partial charge in [-0.05, 0) is 25.3 Å². The molecule has 1 aliphatic heterocycles. The molecule has 0 bridgehead atoms. The minimum Gasteiger partial charge on any atom is -0.444 e. The summed E-state index contributed by atoms with van der Waals surface area (Å²) in [6.45, 7) is 0. The fourth-order valence-electron chi connectivity index (χ4n) is 3.09. The van der Waals surface area contributed by atoms with Gasteiger partial charge in [-0.1, -0.05) is 18.2 Å². The van der Waals surface area contributed by atoms with Crippen molar-refractivity contribution in [3.63, 3.8) is 0 Å². The molecule has 1 saturated carbocycles. The summed E-state index contributed by atoms with van der Waals surface area (Å²) in [5.74, 6) is 0.0668. The molecule has 136 valence electrons. The molecule has 0 spiro atoms. The summed E-state index contributed by atoms with van der Waals surface area (Å²) >= 11 is 0. The Bertz CT molecular complexity index is 823. The lowest BCUT2D eigenvalue weighted by Gasteiger charge is -2.43. The maximum Gasteiger partial charge on any atom is 0.294 e. The lowest BCUT2D eigenvalue weighted by atomic mass is 9.71. The zero-order chi connectivity index (χ0) is 18.1. The second kappa shape index (κ2) is 6.47. The number of hydrazone groups is 1. The molecule has 1 aromatic heterocycles. The first kappa shape index (κ1) is 16.6. The predicted octanol–water partition coefficient (Wildman–Crippen LogP) is 2.98. The Morgan fingerprint density at radius 1 is 1.19 bits per heavy atom. The number of anilines is 1. The molecule has 0 radical (unpaired) electrons. The number of rotatable bonds is 5. The molecule has 2 N–H and O–H groups in total. The second-order valence-electron chi connectivity index (χ2n) is 6.25. The van der Waals surface area contributed by atoms with Crippen LogP contribution in [0.5, 0.6) is 0 Å². The fourth-order valence-corrected chi connectivity index (χ4v) is 3.09. The van der Waals surface area contributed by atoms with Crippen molar-refractivity contribution in [3.05, 3.63) is 53.6 Å². The summed E-state index contributed by atoms with van der Waals surface area (Å²) < 4.78 is 44.4. The van der Waals surface area contributed by atoms with Gasteiger partial charge in [0.25, 0.3) is 6.43 Å². The number of benzene rings is 1. The first-order chi connectivity index (χ1) is 12.6. The van der Waals surface area contributed by atoms with Gasteiger partial charge in [0.05, 0.1) is 11.1 Å². The summed E-state index contributed by atoms with van der Waals surface area (Å²) in [6.07, 6.45) is 1.21. The van der Waals surface area contributed by atoms with Crippen LogP contribution in [0.4, 0.5) is 19.1 Å². The van der Waals surface area contributed by atoms with E-state index in [0.717, 1.165) is 19.3 Å². The van der Waals surface area contributed by atoms with Gasteiger partial charge in [0.2, 0.25) is 18.1 Å². The Labute approximate surface area is 147 Å². The molecule has 6 nitrogen and oxygen atoms in total. The topological polar surface area (TPSA) is 71.4 Å². The van der Waals surface area contributed by atoms with Gasteiger partial charge in [-0.3, -0.25) is 5.43 Å². The van der Waals surface area contributed by atoms with E-state index >= 15 is 0 Å². The SMILES string of the molecule is Fc1ccccc1C1(Nc2ncc(C3=NNC(C(F)F)O3)cn2)CCC1. The van der Waals surface area contributed by atoms with Crippen molar-refractivity contribution in [2.24, 2.45) is 5.10 Å². The van der Waals surface area contributed by atoms with Gasteiger partial charge in [-0.25, -0.2) is 23.1 Å². The number of alkyl halides is 2. The third-order valence-corrected chi connectivity index (χ3v) is 4.61. The van der Waals surface area contributed by atoms with E-state index in [1.807, 2.05) is 0 Å². The van der Waals surface area contributed by atoms with E-state index in [-0.39, 0.29) is 11.7 Å². The van der Waals surface area contributed by atoms with Crippen molar-refractivity contribution in [1.29, 1.82) is 0 Å². The zero-order valence-electron chi connectivity index (χ0n) is 13.6. The van der Waals surface area contributed by atoms with Crippen LogP contribution in [0.2, 0.25) is 0 Å². The molecule has 26 heavy (non-hydrogen) atoms. The average molecular weight is 363 g/mol. The van der Waals surface area contributed by atoms with Crippen LogP contribution in [0.15, 0.2) is 41.8 Å². The van der Waals surface area contributed by atoms with E-state index < -0.39 is 18.2 Å². The zero-order valence-corrected chi connectivity index (χ0v) is 13.6. The van der Waals surface area contributed by atoms with Gasteiger partial charge in [0.1, 0.15) is 5.82 Å². The van der Waals surface area contributed by atoms with Crippen LogP contribution in [-0.4, -0.2) is 28.5 Å². The molecule has 0 saturated heterocycles. The maximum atomic E-state index is 14.2. The molecule has 2 aliphatic rings. The highest BCUT2D eigenvalue weighted by atomic mass is 19.3. The van der Waals surface area contributed by atoms with Crippen LogP contribution in [-0.2, 0) is 10.3 Å². The summed E-state index contributed by atoms with van der Waals surface area (Å²) in [5.41, 5.74) is 2.64. The number of halogens is 3. The Hall–Kier alpha value is -2.84. The number of ether oxygens (including phenoxy) is 1. The van der Waals surface area contributed by atoms with Crippen molar-refractivity contribution in [2.75, 3.05) is 5.32 Å². The molecular weight excluding hydrogens is 347 g/mol. The summed E-state index contributed by atoms with van der Waals surface area (Å²) in [5, 5.41) is 6.93. The monoisotopic (exact) mass is 363 g/mol. The molecule has 1 atom stereocenters. The molecule has 9 heteroatoms. The van der Waals surface area contributed by atoms with E-state index in [4.69, 9.17) is 4.74 Å². The van der Waals surface area contributed by atoms with Gasteiger partial charge >= 0.3 is 0 Å². The van der Waals surface area contributed by atoms with Crippen molar-refractivity contribution in [3.8, 4) is 0 Å². The van der Waals surface area contributed by atoms with Gasteiger partial charge < -0.3 is 10.1 Å². The van der Waals surface area contributed by atoms with Crippen LogP contribution in [0.3, 0.4) is 0 Å². The molecule has 1 aromatic carbocycles. The molecule has 2 aromatic rings. The van der Waals surface area contributed by atoms with E-state index in [2.05, 4.69) is 25.8 Å². The number of nitrogens with zero attached hydrogens (tertiary/aromatic N) is 3.